The molecule has 35 heavy (non-hydrogen) atoms. The van der Waals surface area contributed by atoms with Crippen LogP contribution in [0.1, 0.15) is 63.2 Å². The van der Waals surface area contributed by atoms with E-state index in [-0.39, 0.29) is 11.8 Å². The fourth-order valence-electron chi connectivity index (χ4n) is 4.86. The van der Waals surface area contributed by atoms with E-state index in [1.807, 2.05) is 26.0 Å². The minimum absolute atomic E-state index is 0.0610. The summed E-state index contributed by atoms with van der Waals surface area (Å²) in [6.07, 6.45) is 6.36. The highest BCUT2D eigenvalue weighted by Gasteiger charge is 2.41. The number of carbonyl (C=O) groups excluding carboxylic acids is 2. The Morgan fingerprint density at radius 2 is 1.91 bits per heavy atom. The molecule has 1 unspecified atom stereocenters. The number of hydrogen-bond acceptors (Lipinski definition) is 7. The van der Waals surface area contributed by atoms with E-state index in [9.17, 15) is 14.7 Å². The predicted octanol–water partition coefficient (Wildman–Crippen LogP) is 3.47. The molecule has 2 aromatic rings. The maximum absolute atomic E-state index is 13.1. The zero-order valence-corrected chi connectivity index (χ0v) is 21.0. The van der Waals surface area contributed by atoms with Crippen molar-refractivity contribution < 1.29 is 14.7 Å². The Balaban J connectivity index is 1.54. The Kier molecular flexibility index (Phi) is 7.25. The molecule has 2 aliphatic rings. The van der Waals surface area contributed by atoms with E-state index in [1.54, 1.807) is 37.2 Å². The molecule has 0 bridgehead atoms. The highest BCUT2D eigenvalue weighted by atomic mass is 16.3. The molecule has 0 radical (unpaired) electrons. The maximum Gasteiger partial charge on any atom is 0.251 e. The fraction of sp³-hybridized carbons (Fsp3) is 0.538. The van der Waals surface area contributed by atoms with Gasteiger partial charge in [-0.15, -0.1) is 0 Å². The van der Waals surface area contributed by atoms with Crippen molar-refractivity contribution in [1.29, 1.82) is 0 Å². The number of aromatic nitrogens is 2. The standard InChI is InChI=1S/C26H36N6O3/c1-17(33)13-14-27-23(34)18-9-11-19(12-10-18)29-25-28-15-21-22(30-25)32(20-7-5-6-8-20)16-26(2,3)24(35)31(21)4/h9-12,15,17,20,33H,5-8,13-14,16H2,1-4H3,(H,27,34)(H,28,29,30). The maximum atomic E-state index is 13.1. The molecule has 0 saturated heterocycles. The van der Waals surface area contributed by atoms with E-state index in [1.165, 1.54) is 12.8 Å². The number of aliphatic hydroxyl groups excluding tert-OH is 1. The molecule has 2 amide bonds. The van der Waals surface area contributed by atoms with Crippen LogP contribution in [0.4, 0.5) is 23.1 Å². The molecule has 1 atom stereocenters. The van der Waals surface area contributed by atoms with Gasteiger partial charge in [0.15, 0.2) is 5.82 Å². The van der Waals surface area contributed by atoms with E-state index >= 15 is 0 Å². The normalized spacial score (nSPS) is 18.7. The summed E-state index contributed by atoms with van der Waals surface area (Å²) in [6.45, 7) is 6.72. The van der Waals surface area contributed by atoms with Crippen LogP contribution in [0.15, 0.2) is 30.5 Å². The van der Waals surface area contributed by atoms with Gasteiger partial charge >= 0.3 is 0 Å². The number of aliphatic hydroxyl groups is 1. The summed E-state index contributed by atoms with van der Waals surface area (Å²) < 4.78 is 0. The van der Waals surface area contributed by atoms with Crippen LogP contribution in [0.5, 0.6) is 0 Å². The van der Waals surface area contributed by atoms with Gasteiger partial charge in [0.05, 0.1) is 17.7 Å². The van der Waals surface area contributed by atoms with Crippen LogP contribution in [0.3, 0.4) is 0 Å². The average Bonchev–Trinajstić information content (AvgIpc) is 3.34. The summed E-state index contributed by atoms with van der Waals surface area (Å²) >= 11 is 0. The van der Waals surface area contributed by atoms with Crippen molar-refractivity contribution in [1.82, 2.24) is 15.3 Å². The number of benzene rings is 1. The second-order valence-electron chi connectivity index (χ2n) is 10.3. The lowest BCUT2D eigenvalue weighted by Crippen LogP contribution is -2.45. The number of amides is 2. The molecule has 4 rings (SSSR count). The Hall–Kier alpha value is -3.20. The topological polar surface area (TPSA) is 111 Å². The van der Waals surface area contributed by atoms with Crippen LogP contribution in [0, 0.1) is 5.41 Å². The third-order valence-electron chi connectivity index (χ3n) is 6.85. The average molecular weight is 481 g/mol. The molecule has 3 N–H and O–H groups in total. The number of rotatable bonds is 7. The van der Waals surface area contributed by atoms with Crippen molar-refractivity contribution in [3.8, 4) is 0 Å². The summed E-state index contributed by atoms with van der Waals surface area (Å²) in [4.78, 5) is 38.8. The van der Waals surface area contributed by atoms with Crippen molar-refractivity contribution in [3.63, 3.8) is 0 Å². The quantitative estimate of drug-likeness (QED) is 0.556. The Bertz CT molecular complexity index is 1060. The molecule has 1 saturated carbocycles. The second kappa shape index (κ2) is 10.2. The lowest BCUT2D eigenvalue weighted by atomic mass is 9.91. The third-order valence-corrected chi connectivity index (χ3v) is 6.85. The zero-order chi connectivity index (χ0) is 25.2. The van der Waals surface area contributed by atoms with Crippen molar-refractivity contribution in [2.75, 3.05) is 35.3 Å². The minimum Gasteiger partial charge on any atom is -0.393 e. The zero-order valence-electron chi connectivity index (χ0n) is 21.0. The van der Waals surface area contributed by atoms with Crippen molar-refractivity contribution in [2.24, 2.45) is 5.41 Å². The van der Waals surface area contributed by atoms with Crippen LogP contribution in [-0.4, -0.2) is 59.2 Å². The van der Waals surface area contributed by atoms with Gasteiger partial charge in [-0.05, 0) is 64.3 Å². The summed E-state index contributed by atoms with van der Waals surface area (Å²) in [6, 6.07) is 7.46. The highest BCUT2D eigenvalue weighted by molar-refractivity contribution is 6.01. The van der Waals surface area contributed by atoms with Crippen LogP contribution in [0.25, 0.3) is 0 Å². The third kappa shape index (κ3) is 5.56. The van der Waals surface area contributed by atoms with Crippen LogP contribution in [-0.2, 0) is 4.79 Å². The molecule has 1 aliphatic carbocycles. The monoisotopic (exact) mass is 480 g/mol. The molecule has 1 fully saturated rings. The van der Waals surface area contributed by atoms with Gasteiger partial charge in [0.2, 0.25) is 11.9 Å². The summed E-state index contributed by atoms with van der Waals surface area (Å²) in [5.41, 5.74) is 1.49. The molecule has 2 heterocycles. The van der Waals surface area contributed by atoms with Gasteiger partial charge in [-0.2, -0.15) is 4.98 Å². The number of fused-ring (bicyclic) bond motifs is 1. The largest absolute Gasteiger partial charge is 0.393 e. The Morgan fingerprint density at radius 1 is 1.23 bits per heavy atom. The molecule has 1 aromatic carbocycles. The van der Waals surface area contributed by atoms with Gasteiger partial charge in [-0.1, -0.05) is 12.8 Å². The number of carbonyl (C=O) groups is 2. The van der Waals surface area contributed by atoms with E-state index in [0.29, 0.717) is 37.1 Å². The van der Waals surface area contributed by atoms with Gasteiger partial charge in [-0.3, -0.25) is 9.59 Å². The Morgan fingerprint density at radius 3 is 2.57 bits per heavy atom. The second-order valence-corrected chi connectivity index (χ2v) is 10.3. The van der Waals surface area contributed by atoms with Gasteiger partial charge in [-0.25, -0.2) is 4.98 Å². The molecule has 9 heteroatoms. The van der Waals surface area contributed by atoms with Crippen LogP contribution >= 0.6 is 0 Å². The minimum atomic E-state index is -0.531. The van der Waals surface area contributed by atoms with Crippen molar-refractivity contribution >= 4 is 35.0 Å². The van der Waals surface area contributed by atoms with E-state index < -0.39 is 11.5 Å². The summed E-state index contributed by atoms with van der Waals surface area (Å²) in [7, 11) is 1.79. The number of nitrogens with one attached hydrogen (secondary N) is 2. The first-order valence-corrected chi connectivity index (χ1v) is 12.4. The lowest BCUT2D eigenvalue weighted by molar-refractivity contribution is -0.125. The number of anilines is 4. The molecule has 1 aromatic heterocycles. The molecule has 9 nitrogen and oxygen atoms in total. The van der Waals surface area contributed by atoms with Crippen LogP contribution in [0.2, 0.25) is 0 Å². The predicted molar refractivity (Wildman–Crippen MR) is 137 cm³/mol. The molecular formula is C26H36N6O3. The van der Waals surface area contributed by atoms with Crippen molar-refractivity contribution in [2.45, 2.75) is 65.0 Å². The van der Waals surface area contributed by atoms with Gasteiger partial charge in [0, 0.05) is 37.4 Å². The summed E-state index contributed by atoms with van der Waals surface area (Å²) in [5.74, 6) is 1.11. The highest BCUT2D eigenvalue weighted by Crippen LogP contribution is 2.40. The van der Waals surface area contributed by atoms with Gasteiger partial charge in [0.1, 0.15) is 5.69 Å². The Labute approximate surface area is 206 Å². The molecule has 0 spiro atoms. The van der Waals surface area contributed by atoms with E-state index in [0.717, 1.165) is 30.0 Å². The van der Waals surface area contributed by atoms with E-state index in [4.69, 9.17) is 4.98 Å². The van der Waals surface area contributed by atoms with E-state index in [2.05, 4.69) is 20.5 Å². The first-order valence-electron chi connectivity index (χ1n) is 12.4. The lowest BCUT2D eigenvalue weighted by Gasteiger charge is -2.34. The van der Waals surface area contributed by atoms with Crippen molar-refractivity contribution in [3.05, 3.63) is 36.0 Å². The van der Waals surface area contributed by atoms with Crippen LogP contribution < -0.4 is 20.4 Å². The first kappa shape index (κ1) is 24.9. The molecule has 188 valence electrons. The number of nitrogens with zero attached hydrogens (tertiary/aromatic N) is 4. The summed E-state index contributed by atoms with van der Waals surface area (Å²) in [5, 5.41) is 15.4. The first-order chi connectivity index (χ1) is 16.7. The smallest absolute Gasteiger partial charge is 0.251 e. The van der Waals surface area contributed by atoms with Gasteiger partial charge in [0.25, 0.3) is 5.91 Å². The molecule has 1 aliphatic heterocycles. The molecular weight excluding hydrogens is 444 g/mol. The van der Waals surface area contributed by atoms with Gasteiger partial charge < -0.3 is 25.5 Å². The number of hydrogen-bond donors (Lipinski definition) is 3. The fourth-order valence-corrected chi connectivity index (χ4v) is 4.86. The SMILES string of the molecule is CC(O)CCNC(=O)c1ccc(Nc2ncc3c(n2)N(C2CCCC2)CC(C)(C)C(=O)N3C)cc1.